The second-order valence-electron chi connectivity index (χ2n) is 4.50. The maximum absolute atomic E-state index is 13.0. The Hall–Kier alpha value is -2.06. The van der Waals surface area contributed by atoms with Crippen LogP contribution in [-0.4, -0.2) is 0 Å². The number of fused-ring (bicyclic) bond motifs is 1. The third-order valence-corrected chi connectivity index (χ3v) is 3.50. The number of benzene rings is 3. The zero-order valence-corrected chi connectivity index (χ0v) is 11.4. The second kappa shape index (κ2) is 5.51. The van der Waals surface area contributed by atoms with E-state index < -0.39 is 0 Å². The van der Waals surface area contributed by atoms with E-state index in [4.69, 9.17) is 16.3 Å². The van der Waals surface area contributed by atoms with E-state index in [-0.39, 0.29) is 5.82 Å². The molecule has 0 aliphatic heterocycles. The summed E-state index contributed by atoms with van der Waals surface area (Å²) in [4.78, 5) is 0. The Labute approximate surface area is 121 Å². The lowest BCUT2D eigenvalue weighted by atomic mass is 10.1. The third-order valence-electron chi connectivity index (χ3n) is 3.15. The van der Waals surface area contributed by atoms with Gasteiger partial charge in [0.2, 0.25) is 0 Å². The summed E-state index contributed by atoms with van der Waals surface area (Å²) in [7, 11) is 0. The van der Waals surface area contributed by atoms with E-state index in [1.54, 1.807) is 6.07 Å². The number of hydrogen-bond acceptors (Lipinski definition) is 1. The number of rotatable bonds is 3. The first-order chi connectivity index (χ1) is 9.74. The molecule has 0 spiro atoms. The molecule has 0 aromatic heterocycles. The van der Waals surface area contributed by atoms with E-state index in [2.05, 4.69) is 0 Å². The van der Waals surface area contributed by atoms with Gasteiger partial charge < -0.3 is 4.74 Å². The molecule has 0 N–H and O–H groups in total. The van der Waals surface area contributed by atoms with Crippen molar-refractivity contribution in [2.75, 3.05) is 0 Å². The van der Waals surface area contributed by atoms with Gasteiger partial charge in [0.1, 0.15) is 18.2 Å². The van der Waals surface area contributed by atoms with Gasteiger partial charge in [-0.1, -0.05) is 54.1 Å². The second-order valence-corrected chi connectivity index (χ2v) is 4.91. The first kappa shape index (κ1) is 12.9. The molecule has 3 aromatic carbocycles. The molecule has 20 heavy (non-hydrogen) atoms. The molecule has 3 aromatic rings. The van der Waals surface area contributed by atoms with Crippen LogP contribution in [0.5, 0.6) is 5.75 Å². The molecule has 0 saturated carbocycles. The van der Waals surface area contributed by atoms with Crippen LogP contribution in [0, 0.1) is 5.82 Å². The van der Waals surface area contributed by atoms with E-state index in [1.807, 2.05) is 42.5 Å². The average molecular weight is 287 g/mol. The predicted molar refractivity (Wildman–Crippen MR) is 79.7 cm³/mol. The molecule has 3 heteroatoms. The lowest BCUT2D eigenvalue weighted by Crippen LogP contribution is -1.97. The van der Waals surface area contributed by atoms with Crippen LogP contribution in [0.3, 0.4) is 0 Å². The monoisotopic (exact) mass is 286 g/mol. The standard InChI is InChI=1S/C17H12ClFO/c18-16-10-14(19)9-8-13(16)11-20-17-7-3-5-12-4-1-2-6-15(12)17/h1-10H,11H2. The maximum Gasteiger partial charge on any atom is 0.127 e. The van der Waals surface area contributed by atoms with Crippen LogP contribution in [0.2, 0.25) is 5.02 Å². The Bertz CT molecular complexity index is 750. The molecule has 0 unspecified atom stereocenters. The molecular weight excluding hydrogens is 275 g/mol. The van der Waals surface area contributed by atoms with Crippen LogP contribution in [-0.2, 0) is 6.61 Å². The number of hydrogen-bond donors (Lipinski definition) is 0. The lowest BCUT2D eigenvalue weighted by Gasteiger charge is -2.10. The first-order valence-corrected chi connectivity index (χ1v) is 6.66. The summed E-state index contributed by atoms with van der Waals surface area (Å²) in [5.74, 6) is 0.451. The normalized spacial score (nSPS) is 10.7. The SMILES string of the molecule is Fc1ccc(COc2cccc3ccccc23)c(Cl)c1. The van der Waals surface area contributed by atoms with E-state index in [9.17, 15) is 4.39 Å². The Kier molecular flexibility index (Phi) is 3.57. The van der Waals surface area contributed by atoms with Crippen molar-refractivity contribution in [3.05, 3.63) is 77.1 Å². The fourth-order valence-corrected chi connectivity index (χ4v) is 2.34. The van der Waals surface area contributed by atoms with Crippen molar-refractivity contribution >= 4 is 22.4 Å². The third kappa shape index (κ3) is 2.61. The first-order valence-electron chi connectivity index (χ1n) is 6.28. The van der Waals surface area contributed by atoms with Gasteiger partial charge in [0.25, 0.3) is 0 Å². The van der Waals surface area contributed by atoms with Crippen molar-refractivity contribution in [1.29, 1.82) is 0 Å². The summed E-state index contributed by atoms with van der Waals surface area (Å²) in [6.07, 6.45) is 0. The van der Waals surface area contributed by atoms with E-state index in [0.29, 0.717) is 11.6 Å². The Morgan fingerprint density at radius 3 is 2.60 bits per heavy atom. The molecule has 0 bridgehead atoms. The Balaban J connectivity index is 1.87. The van der Waals surface area contributed by atoms with Crippen molar-refractivity contribution in [3.63, 3.8) is 0 Å². The van der Waals surface area contributed by atoms with Gasteiger partial charge in [0.15, 0.2) is 0 Å². The fraction of sp³-hybridized carbons (Fsp3) is 0.0588. The number of halogens is 2. The Morgan fingerprint density at radius 1 is 0.950 bits per heavy atom. The van der Waals surface area contributed by atoms with Crippen molar-refractivity contribution in [3.8, 4) is 5.75 Å². The van der Waals surface area contributed by atoms with Crippen molar-refractivity contribution in [1.82, 2.24) is 0 Å². The molecule has 1 nitrogen and oxygen atoms in total. The van der Waals surface area contributed by atoms with Crippen molar-refractivity contribution < 1.29 is 9.13 Å². The quantitative estimate of drug-likeness (QED) is 0.642. The van der Waals surface area contributed by atoms with Gasteiger partial charge in [0.05, 0.1) is 5.02 Å². The highest BCUT2D eigenvalue weighted by Gasteiger charge is 2.05. The topological polar surface area (TPSA) is 9.23 Å². The molecule has 0 fully saturated rings. The van der Waals surface area contributed by atoms with Gasteiger partial charge in [-0.25, -0.2) is 4.39 Å². The van der Waals surface area contributed by atoms with Crippen molar-refractivity contribution in [2.24, 2.45) is 0 Å². The maximum atomic E-state index is 13.0. The van der Waals surface area contributed by atoms with Crippen LogP contribution in [0.1, 0.15) is 5.56 Å². The molecule has 0 saturated heterocycles. The highest BCUT2D eigenvalue weighted by atomic mass is 35.5. The Morgan fingerprint density at radius 2 is 1.75 bits per heavy atom. The summed E-state index contributed by atoms with van der Waals surface area (Å²) < 4.78 is 18.8. The highest BCUT2D eigenvalue weighted by Crippen LogP contribution is 2.27. The highest BCUT2D eigenvalue weighted by molar-refractivity contribution is 6.31. The molecule has 100 valence electrons. The molecular formula is C17H12ClFO. The minimum atomic E-state index is -0.344. The van der Waals surface area contributed by atoms with Gasteiger partial charge in [-0.05, 0) is 23.6 Å². The molecule has 3 rings (SSSR count). The molecule has 0 radical (unpaired) electrons. The molecule has 0 atom stereocenters. The largest absolute Gasteiger partial charge is 0.488 e. The zero-order chi connectivity index (χ0) is 13.9. The van der Waals surface area contributed by atoms with E-state index >= 15 is 0 Å². The molecule has 0 amide bonds. The van der Waals surface area contributed by atoms with Crippen LogP contribution in [0.15, 0.2) is 60.7 Å². The zero-order valence-electron chi connectivity index (χ0n) is 10.6. The van der Waals surface area contributed by atoms with Crippen LogP contribution in [0.4, 0.5) is 4.39 Å². The minimum absolute atomic E-state index is 0.313. The molecule has 0 aliphatic carbocycles. The van der Waals surface area contributed by atoms with E-state index in [0.717, 1.165) is 22.1 Å². The van der Waals surface area contributed by atoms with Crippen LogP contribution >= 0.6 is 11.6 Å². The fourth-order valence-electron chi connectivity index (χ4n) is 2.12. The van der Waals surface area contributed by atoms with Gasteiger partial charge >= 0.3 is 0 Å². The van der Waals surface area contributed by atoms with Crippen LogP contribution < -0.4 is 4.74 Å². The van der Waals surface area contributed by atoms with Gasteiger partial charge in [0, 0.05) is 10.9 Å². The van der Waals surface area contributed by atoms with E-state index in [1.165, 1.54) is 12.1 Å². The van der Waals surface area contributed by atoms with Crippen LogP contribution in [0.25, 0.3) is 10.8 Å². The minimum Gasteiger partial charge on any atom is -0.488 e. The summed E-state index contributed by atoms with van der Waals surface area (Å²) in [5, 5.41) is 2.55. The number of ether oxygens (including phenoxy) is 1. The smallest absolute Gasteiger partial charge is 0.127 e. The molecule has 0 aliphatic rings. The van der Waals surface area contributed by atoms with Crippen molar-refractivity contribution in [2.45, 2.75) is 6.61 Å². The van der Waals surface area contributed by atoms with Gasteiger partial charge in [-0.3, -0.25) is 0 Å². The summed E-state index contributed by atoms with van der Waals surface area (Å²) >= 11 is 5.99. The van der Waals surface area contributed by atoms with Gasteiger partial charge in [-0.15, -0.1) is 0 Å². The molecule has 0 heterocycles. The summed E-state index contributed by atoms with van der Waals surface area (Å²) in [6.45, 7) is 0.313. The summed E-state index contributed by atoms with van der Waals surface area (Å²) in [6, 6.07) is 18.2. The predicted octanol–water partition coefficient (Wildman–Crippen LogP) is 5.21. The average Bonchev–Trinajstić information content (AvgIpc) is 2.46. The van der Waals surface area contributed by atoms with Gasteiger partial charge in [-0.2, -0.15) is 0 Å². The lowest BCUT2D eigenvalue weighted by molar-refractivity contribution is 0.310. The summed E-state index contributed by atoms with van der Waals surface area (Å²) in [5.41, 5.74) is 0.765.